The molecule has 4 rings (SSSR count). The minimum atomic E-state index is -0.327. The highest BCUT2D eigenvalue weighted by molar-refractivity contribution is 9.11. The first-order valence-electron chi connectivity index (χ1n) is 9.75. The Morgan fingerprint density at radius 1 is 1.15 bits per heavy atom. The van der Waals surface area contributed by atoms with Crippen LogP contribution in [0.2, 0.25) is 5.02 Å². The number of nitrogens with zero attached hydrogens (tertiary/aromatic N) is 1. The molecule has 3 aromatic rings. The van der Waals surface area contributed by atoms with Gasteiger partial charge in [-0.05, 0) is 79.9 Å². The summed E-state index contributed by atoms with van der Waals surface area (Å²) < 4.78 is 26.6. The van der Waals surface area contributed by atoms with Crippen molar-refractivity contribution < 1.29 is 18.7 Å². The molecule has 0 bridgehead atoms. The Kier molecular flexibility index (Phi) is 7.99. The second kappa shape index (κ2) is 10.8. The first kappa shape index (κ1) is 25.2. The molecule has 0 saturated carbocycles. The molecule has 0 spiro atoms. The molecule has 1 fully saturated rings. The minimum Gasteiger partial charge on any atom is -0.495 e. The number of carbonyl (C=O) groups is 1. The largest absolute Gasteiger partial charge is 0.495 e. The van der Waals surface area contributed by atoms with Crippen LogP contribution in [-0.2, 0) is 11.4 Å². The van der Waals surface area contributed by atoms with Gasteiger partial charge in [0.05, 0.1) is 31.7 Å². The average molecular weight is 644 g/mol. The van der Waals surface area contributed by atoms with Gasteiger partial charge in [-0.1, -0.05) is 53.8 Å². The van der Waals surface area contributed by atoms with E-state index in [-0.39, 0.29) is 18.3 Å². The molecule has 1 saturated heterocycles. The van der Waals surface area contributed by atoms with Gasteiger partial charge in [-0.15, -0.1) is 0 Å². The molecule has 0 N–H and O–H groups in total. The second-order valence-electron chi connectivity index (χ2n) is 7.03. The molecule has 174 valence electrons. The first-order chi connectivity index (χ1) is 16.3. The lowest BCUT2D eigenvalue weighted by molar-refractivity contribution is -0.113. The van der Waals surface area contributed by atoms with E-state index in [2.05, 4.69) is 31.9 Å². The van der Waals surface area contributed by atoms with Crippen molar-refractivity contribution >= 4 is 89.4 Å². The summed E-state index contributed by atoms with van der Waals surface area (Å²) in [4.78, 5) is 15.0. The van der Waals surface area contributed by atoms with Gasteiger partial charge in [-0.3, -0.25) is 9.69 Å². The van der Waals surface area contributed by atoms with Gasteiger partial charge in [-0.2, -0.15) is 0 Å². The molecule has 3 aromatic carbocycles. The van der Waals surface area contributed by atoms with Crippen LogP contribution in [-0.4, -0.2) is 17.3 Å². The lowest BCUT2D eigenvalue weighted by Gasteiger charge is -2.15. The summed E-state index contributed by atoms with van der Waals surface area (Å²) in [5.74, 6) is 0.467. The maximum atomic E-state index is 13.9. The van der Waals surface area contributed by atoms with Crippen LogP contribution in [0.15, 0.2) is 68.4 Å². The van der Waals surface area contributed by atoms with E-state index in [0.29, 0.717) is 45.9 Å². The maximum Gasteiger partial charge on any atom is 0.270 e. The van der Waals surface area contributed by atoms with E-state index in [1.165, 1.54) is 29.8 Å². The van der Waals surface area contributed by atoms with Crippen LogP contribution in [0.3, 0.4) is 0 Å². The highest BCUT2D eigenvalue weighted by Crippen LogP contribution is 2.40. The molecule has 1 amide bonds. The van der Waals surface area contributed by atoms with Crippen molar-refractivity contribution in [1.29, 1.82) is 0 Å². The molecule has 4 nitrogen and oxygen atoms in total. The molecule has 0 radical (unpaired) electrons. The number of halogens is 4. The van der Waals surface area contributed by atoms with E-state index in [4.69, 9.17) is 33.3 Å². The number of hydrogen-bond donors (Lipinski definition) is 0. The van der Waals surface area contributed by atoms with Crippen molar-refractivity contribution in [2.24, 2.45) is 0 Å². The predicted molar refractivity (Wildman–Crippen MR) is 146 cm³/mol. The van der Waals surface area contributed by atoms with Crippen molar-refractivity contribution in [3.05, 3.63) is 90.4 Å². The fraction of sp³-hybridized carbons (Fsp3) is 0.0833. The smallest absolute Gasteiger partial charge is 0.270 e. The van der Waals surface area contributed by atoms with Gasteiger partial charge >= 0.3 is 0 Å². The zero-order valence-corrected chi connectivity index (χ0v) is 23.0. The quantitative estimate of drug-likeness (QED) is 0.201. The second-order valence-corrected chi connectivity index (χ2v) is 10.8. The fourth-order valence-electron chi connectivity index (χ4n) is 3.20. The number of hydrogen-bond acceptors (Lipinski definition) is 5. The molecular formula is C24H15Br2ClFNO3S2. The molecule has 10 heteroatoms. The van der Waals surface area contributed by atoms with Gasteiger partial charge in [0.25, 0.3) is 5.91 Å². The van der Waals surface area contributed by atoms with E-state index in [1.54, 1.807) is 42.5 Å². The Morgan fingerprint density at radius 3 is 2.50 bits per heavy atom. The van der Waals surface area contributed by atoms with E-state index < -0.39 is 0 Å². The number of thiocarbonyl (C=S) groups is 1. The summed E-state index contributed by atoms with van der Waals surface area (Å²) in [6, 6.07) is 15.1. The predicted octanol–water partition coefficient (Wildman–Crippen LogP) is 8.00. The Hall–Kier alpha value is -1.91. The number of ether oxygens (including phenoxy) is 2. The summed E-state index contributed by atoms with van der Waals surface area (Å²) in [5, 5.41) is 0.386. The Bertz CT molecular complexity index is 1310. The average Bonchev–Trinajstić information content (AvgIpc) is 3.07. The number of thioether (sulfide) groups is 1. The fourth-order valence-corrected chi connectivity index (χ4v) is 6.20. The maximum absolute atomic E-state index is 13.9. The van der Waals surface area contributed by atoms with Crippen molar-refractivity contribution in [3.63, 3.8) is 0 Å². The van der Waals surface area contributed by atoms with Crippen molar-refractivity contribution in [2.75, 3.05) is 12.0 Å². The molecule has 1 aliphatic heterocycles. The van der Waals surface area contributed by atoms with Crippen LogP contribution < -0.4 is 14.4 Å². The third-order valence-corrected chi connectivity index (χ3v) is 7.61. The van der Waals surface area contributed by atoms with Crippen molar-refractivity contribution in [1.82, 2.24) is 0 Å². The first-order valence-corrected chi connectivity index (χ1v) is 12.9. The molecule has 0 aromatic heterocycles. The standard InChI is InChI=1S/C24H15Br2ClFNO3S2/c1-31-20-7-6-15(11-18(20)27)29-23(30)21(34-24(29)33)10-13-8-16(25)22(17(26)9-13)32-12-14-4-2-3-5-19(14)28/h2-11H,12H2,1H3/b21-10+. The summed E-state index contributed by atoms with van der Waals surface area (Å²) in [5.41, 5.74) is 1.77. The van der Waals surface area contributed by atoms with Gasteiger partial charge in [0, 0.05) is 5.56 Å². The van der Waals surface area contributed by atoms with Crippen LogP contribution >= 0.6 is 67.4 Å². The van der Waals surface area contributed by atoms with Crippen LogP contribution in [0.5, 0.6) is 11.5 Å². The Labute approximate surface area is 227 Å². The molecule has 34 heavy (non-hydrogen) atoms. The zero-order chi connectivity index (χ0) is 24.4. The van der Waals surface area contributed by atoms with Gasteiger partial charge in [0.2, 0.25) is 0 Å². The third-order valence-electron chi connectivity index (χ3n) is 4.84. The number of methoxy groups -OCH3 is 1. The minimum absolute atomic E-state index is 0.0757. The van der Waals surface area contributed by atoms with Crippen LogP contribution in [0, 0.1) is 5.82 Å². The number of anilines is 1. The Morgan fingerprint density at radius 2 is 1.85 bits per heavy atom. The van der Waals surface area contributed by atoms with Gasteiger partial charge in [0.15, 0.2) is 4.32 Å². The monoisotopic (exact) mass is 641 g/mol. The number of benzene rings is 3. The molecule has 0 unspecified atom stereocenters. The van der Waals surface area contributed by atoms with E-state index in [1.807, 2.05) is 12.1 Å². The lowest BCUT2D eigenvalue weighted by atomic mass is 10.2. The normalized spacial score (nSPS) is 14.7. The number of rotatable bonds is 6. The van der Waals surface area contributed by atoms with Gasteiger partial charge in [-0.25, -0.2) is 4.39 Å². The summed E-state index contributed by atoms with van der Waals surface area (Å²) >= 11 is 19.9. The topological polar surface area (TPSA) is 38.8 Å². The molecule has 1 aliphatic rings. The molecule has 0 aliphatic carbocycles. The summed E-state index contributed by atoms with van der Waals surface area (Å²) in [6.45, 7) is 0.0757. The van der Waals surface area contributed by atoms with Gasteiger partial charge in [0.1, 0.15) is 23.9 Å². The third kappa shape index (κ3) is 5.33. The van der Waals surface area contributed by atoms with Gasteiger partial charge < -0.3 is 9.47 Å². The summed E-state index contributed by atoms with van der Waals surface area (Å²) in [7, 11) is 1.52. The highest BCUT2D eigenvalue weighted by atomic mass is 79.9. The molecular weight excluding hydrogens is 629 g/mol. The molecule has 0 atom stereocenters. The van der Waals surface area contributed by atoms with Crippen LogP contribution in [0.1, 0.15) is 11.1 Å². The summed E-state index contributed by atoms with van der Waals surface area (Å²) in [6.07, 6.45) is 1.75. The Balaban J connectivity index is 1.56. The van der Waals surface area contributed by atoms with Crippen molar-refractivity contribution in [3.8, 4) is 11.5 Å². The van der Waals surface area contributed by atoms with Crippen LogP contribution in [0.4, 0.5) is 10.1 Å². The highest BCUT2D eigenvalue weighted by Gasteiger charge is 2.33. The van der Waals surface area contributed by atoms with Crippen molar-refractivity contribution in [2.45, 2.75) is 6.61 Å². The molecule has 1 heterocycles. The number of carbonyl (C=O) groups excluding carboxylic acids is 1. The van der Waals surface area contributed by atoms with Crippen LogP contribution in [0.25, 0.3) is 6.08 Å². The van der Waals surface area contributed by atoms with E-state index in [0.717, 1.165) is 5.56 Å². The SMILES string of the molecule is COc1ccc(N2C(=O)/C(=C\c3cc(Br)c(OCc4ccccc4F)c(Br)c3)SC2=S)cc1Cl. The van der Waals surface area contributed by atoms with E-state index >= 15 is 0 Å². The zero-order valence-electron chi connectivity index (χ0n) is 17.5. The lowest BCUT2D eigenvalue weighted by Crippen LogP contribution is -2.27. The van der Waals surface area contributed by atoms with E-state index in [9.17, 15) is 9.18 Å². The number of amides is 1.